The summed E-state index contributed by atoms with van der Waals surface area (Å²) in [6.45, 7) is 0. The fourth-order valence-electron chi connectivity index (χ4n) is 6.96. The Hall–Kier alpha value is -2.57. The van der Waals surface area contributed by atoms with Crippen molar-refractivity contribution in [2.45, 2.75) is 75.5 Å². The lowest BCUT2D eigenvalue weighted by Gasteiger charge is -2.39. The van der Waals surface area contributed by atoms with E-state index in [2.05, 4.69) is 48.5 Å². The molecule has 0 radical (unpaired) electrons. The maximum Gasteiger partial charge on any atom is 0.124 e. The van der Waals surface area contributed by atoms with E-state index in [9.17, 15) is 5.11 Å². The van der Waals surface area contributed by atoms with Crippen LogP contribution in [0.4, 0.5) is 0 Å². The number of aromatic hydroxyl groups is 1. The monoisotopic (exact) mass is 482 g/mol. The summed E-state index contributed by atoms with van der Waals surface area (Å²) in [7, 11) is -2.74. The van der Waals surface area contributed by atoms with Crippen LogP contribution in [0.1, 0.15) is 64.2 Å². The van der Waals surface area contributed by atoms with Gasteiger partial charge in [0.25, 0.3) is 0 Å². The summed E-state index contributed by atoms with van der Waals surface area (Å²) in [5.41, 5.74) is 2.38. The van der Waals surface area contributed by atoms with Gasteiger partial charge in [0.1, 0.15) is 12.9 Å². The largest absolute Gasteiger partial charge is 0.507 e. The van der Waals surface area contributed by atoms with E-state index in [4.69, 9.17) is 0 Å². The van der Waals surface area contributed by atoms with Crippen LogP contribution in [0.5, 0.6) is 5.75 Å². The Morgan fingerprint density at radius 1 is 0.571 bits per heavy atom. The van der Waals surface area contributed by atoms with Gasteiger partial charge in [0.05, 0.1) is 0 Å². The zero-order chi connectivity index (χ0) is 23.8. The molecule has 35 heavy (non-hydrogen) atoms. The highest BCUT2D eigenvalue weighted by Gasteiger charge is 2.44. The van der Waals surface area contributed by atoms with E-state index in [1.807, 2.05) is 24.3 Å². The minimum atomic E-state index is -2.74. The molecule has 4 aromatic carbocycles. The number of phenols is 1. The van der Waals surface area contributed by atoms with Gasteiger partial charge in [-0.25, -0.2) is 0 Å². The van der Waals surface area contributed by atoms with Crippen LogP contribution in [0.15, 0.2) is 72.8 Å². The molecule has 180 valence electrons. The lowest BCUT2D eigenvalue weighted by molar-refractivity contribution is 0.453. The molecule has 0 aliphatic heterocycles. The normalized spacial score (nSPS) is 18.3. The lowest BCUT2D eigenvalue weighted by atomic mass is 9.93. The molecule has 0 heterocycles. The van der Waals surface area contributed by atoms with Crippen LogP contribution in [-0.4, -0.2) is 16.4 Å². The molecule has 2 aliphatic rings. The van der Waals surface area contributed by atoms with E-state index < -0.39 is 7.14 Å². The van der Waals surface area contributed by atoms with Crippen molar-refractivity contribution in [3.8, 4) is 16.9 Å². The van der Waals surface area contributed by atoms with Crippen molar-refractivity contribution in [3.63, 3.8) is 0 Å². The van der Waals surface area contributed by atoms with Crippen LogP contribution < -0.4 is 5.30 Å². The molecule has 1 N–H and O–H groups in total. The lowest BCUT2D eigenvalue weighted by Crippen LogP contribution is -2.30. The van der Waals surface area contributed by atoms with Gasteiger partial charge in [-0.15, -0.1) is 0 Å². The number of fused-ring (bicyclic) bond motifs is 2. The Bertz CT molecular complexity index is 1390. The number of hydrogen-bond acceptors (Lipinski definition) is 2. The average Bonchev–Trinajstić information content (AvgIpc) is 2.93. The molecule has 2 fully saturated rings. The van der Waals surface area contributed by atoms with E-state index in [1.54, 1.807) is 0 Å². The highest BCUT2D eigenvalue weighted by Crippen LogP contribution is 2.63. The molecule has 0 spiro atoms. The first-order valence-electron chi connectivity index (χ1n) is 13.5. The Morgan fingerprint density at radius 2 is 1.06 bits per heavy atom. The van der Waals surface area contributed by atoms with E-state index in [0.29, 0.717) is 0 Å². The van der Waals surface area contributed by atoms with Gasteiger partial charge in [0.15, 0.2) is 0 Å². The topological polar surface area (TPSA) is 37.3 Å². The van der Waals surface area contributed by atoms with Gasteiger partial charge in [0.2, 0.25) is 0 Å². The van der Waals surface area contributed by atoms with Gasteiger partial charge < -0.3 is 9.67 Å². The van der Waals surface area contributed by atoms with Crippen molar-refractivity contribution >= 4 is 34.0 Å². The van der Waals surface area contributed by atoms with E-state index >= 15 is 4.57 Å². The summed E-state index contributed by atoms with van der Waals surface area (Å²) in [5, 5.41) is 16.7. The molecule has 0 saturated heterocycles. The van der Waals surface area contributed by atoms with E-state index in [-0.39, 0.29) is 17.1 Å². The number of phenolic OH excluding ortho intramolecular Hbond substituents is 1. The van der Waals surface area contributed by atoms with E-state index in [1.165, 1.54) is 38.5 Å². The van der Waals surface area contributed by atoms with Gasteiger partial charge in [-0.05, 0) is 53.3 Å². The van der Waals surface area contributed by atoms with Crippen LogP contribution in [0.25, 0.3) is 32.7 Å². The second kappa shape index (κ2) is 9.47. The summed E-state index contributed by atoms with van der Waals surface area (Å²) >= 11 is 0. The highest BCUT2D eigenvalue weighted by atomic mass is 31.2. The number of rotatable bonds is 4. The van der Waals surface area contributed by atoms with Gasteiger partial charge in [-0.1, -0.05) is 105 Å². The third-order valence-corrected chi connectivity index (χ3v) is 13.0. The zero-order valence-corrected chi connectivity index (χ0v) is 21.4. The summed E-state index contributed by atoms with van der Waals surface area (Å²) in [4.78, 5) is 0. The van der Waals surface area contributed by atoms with Crippen LogP contribution >= 0.6 is 7.14 Å². The maximum absolute atomic E-state index is 15.7. The summed E-state index contributed by atoms with van der Waals surface area (Å²) in [6, 6.07) is 24.9. The van der Waals surface area contributed by atoms with Crippen LogP contribution in [0, 0.1) is 0 Å². The van der Waals surface area contributed by atoms with Crippen LogP contribution in [-0.2, 0) is 4.57 Å². The Kier molecular flexibility index (Phi) is 6.19. The quantitative estimate of drug-likeness (QED) is 0.295. The SMILES string of the molecule is O=P(c1ccc2ccccc2c1-c1c(O)ccc2ccccc12)(C1CCCCC1)C1CCCCC1. The predicted octanol–water partition coefficient (Wildman–Crippen LogP) is 9.02. The van der Waals surface area contributed by atoms with Crippen molar-refractivity contribution < 1.29 is 9.67 Å². The highest BCUT2D eigenvalue weighted by molar-refractivity contribution is 7.73. The van der Waals surface area contributed by atoms with Crippen molar-refractivity contribution in [1.82, 2.24) is 0 Å². The molecule has 0 aromatic heterocycles. The Labute approximate surface area is 208 Å². The second-order valence-electron chi connectivity index (χ2n) is 10.7. The first-order valence-corrected chi connectivity index (χ1v) is 15.4. The minimum Gasteiger partial charge on any atom is -0.507 e. The third-order valence-electron chi connectivity index (χ3n) is 8.67. The standard InChI is InChI=1S/C32H35O2P/c33-29-21-19-23-11-7-9-17-27(23)31(29)32-28-18-10-8-12-24(28)20-22-30(32)35(34,25-13-3-1-4-14-25)26-15-5-2-6-16-26/h7-12,17-22,25-26,33H,1-6,13-16H2. The molecule has 0 bridgehead atoms. The third kappa shape index (κ3) is 3.91. The van der Waals surface area contributed by atoms with Gasteiger partial charge in [-0.3, -0.25) is 0 Å². The molecule has 0 atom stereocenters. The molecule has 0 unspecified atom stereocenters. The predicted molar refractivity (Wildman–Crippen MR) is 150 cm³/mol. The average molecular weight is 483 g/mol. The van der Waals surface area contributed by atoms with Crippen molar-refractivity contribution in [3.05, 3.63) is 72.8 Å². The summed E-state index contributed by atoms with van der Waals surface area (Å²) < 4.78 is 15.7. The fourth-order valence-corrected chi connectivity index (χ4v) is 11.5. The molecule has 3 heteroatoms. The molecule has 2 aliphatic carbocycles. The molecule has 0 amide bonds. The molecule has 6 rings (SSSR count). The maximum atomic E-state index is 15.7. The fraction of sp³-hybridized carbons (Fsp3) is 0.375. The van der Waals surface area contributed by atoms with Crippen LogP contribution in [0.2, 0.25) is 0 Å². The van der Waals surface area contributed by atoms with Crippen molar-refractivity contribution in [1.29, 1.82) is 0 Å². The minimum absolute atomic E-state index is 0.261. The van der Waals surface area contributed by atoms with Gasteiger partial charge >= 0.3 is 0 Å². The van der Waals surface area contributed by atoms with E-state index in [0.717, 1.165) is 63.7 Å². The molecule has 4 aromatic rings. The first kappa shape index (κ1) is 22.9. The molecule has 2 saturated carbocycles. The van der Waals surface area contributed by atoms with Crippen molar-refractivity contribution in [2.75, 3.05) is 0 Å². The summed E-state index contributed by atoms with van der Waals surface area (Å²) in [6.07, 6.45) is 11.5. The number of hydrogen-bond donors (Lipinski definition) is 1. The molecular weight excluding hydrogens is 447 g/mol. The smallest absolute Gasteiger partial charge is 0.124 e. The van der Waals surface area contributed by atoms with Gasteiger partial charge in [0, 0.05) is 27.7 Å². The Morgan fingerprint density at radius 3 is 1.63 bits per heavy atom. The molecule has 2 nitrogen and oxygen atoms in total. The zero-order valence-electron chi connectivity index (χ0n) is 20.5. The molecular formula is C32H35O2P. The Balaban J connectivity index is 1.70. The first-order chi connectivity index (χ1) is 17.2. The van der Waals surface area contributed by atoms with Crippen molar-refractivity contribution in [2.24, 2.45) is 0 Å². The second-order valence-corrected chi connectivity index (χ2v) is 14.0. The van der Waals surface area contributed by atoms with Gasteiger partial charge in [-0.2, -0.15) is 0 Å². The number of benzene rings is 4. The summed E-state index contributed by atoms with van der Waals surface area (Å²) in [5.74, 6) is 0.278. The van der Waals surface area contributed by atoms with Crippen LogP contribution in [0.3, 0.4) is 0 Å².